The Hall–Kier alpha value is -3.98. The van der Waals surface area contributed by atoms with Gasteiger partial charge < -0.3 is 24.3 Å². The molecule has 8 heteroatoms. The van der Waals surface area contributed by atoms with Gasteiger partial charge in [-0.15, -0.1) is 0 Å². The first-order chi connectivity index (χ1) is 18.7. The molecule has 4 heterocycles. The van der Waals surface area contributed by atoms with Crippen LogP contribution in [0.4, 0.5) is 0 Å². The standard InChI is InChI=1S/C30H30N4O4/c1-36-28-9-8-25-30(24-15-26(32-17-27(24)33-25)21-3-2-10-31-16-21)29(28)20-4-6-23(7-5-20)38-19-22(35)18-34-11-13-37-14-12-34/h2-10,15-17,22,33,35H,11-14,18-19H2,1H3. The highest BCUT2D eigenvalue weighted by atomic mass is 16.5. The van der Waals surface area contributed by atoms with E-state index in [1.165, 1.54) is 0 Å². The number of aliphatic hydroxyl groups excluding tert-OH is 1. The number of aliphatic hydroxyl groups is 1. The number of aromatic nitrogens is 3. The maximum atomic E-state index is 10.4. The molecule has 1 aliphatic rings. The van der Waals surface area contributed by atoms with Gasteiger partial charge in [-0.1, -0.05) is 12.1 Å². The minimum absolute atomic E-state index is 0.238. The number of ether oxygens (including phenoxy) is 3. The summed E-state index contributed by atoms with van der Waals surface area (Å²) in [5, 5.41) is 12.6. The number of H-pyrrole nitrogens is 1. The molecule has 1 saturated heterocycles. The third-order valence-corrected chi connectivity index (χ3v) is 6.94. The fraction of sp³-hybridized carbons (Fsp3) is 0.267. The van der Waals surface area contributed by atoms with Gasteiger partial charge in [0.2, 0.25) is 0 Å². The number of nitrogens with one attached hydrogen (secondary N) is 1. The quantitative estimate of drug-likeness (QED) is 0.317. The second-order valence-corrected chi connectivity index (χ2v) is 9.45. The zero-order chi connectivity index (χ0) is 25.9. The van der Waals surface area contributed by atoms with E-state index in [-0.39, 0.29) is 6.61 Å². The number of hydrogen-bond acceptors (Lipinski definition) is 7. The molecule has 0 radical (unpaired) electrons. The summed E-state index contributed by atoms with van der Waals surface area (Å²) in [6.45, 7) is 3.92. The van der Waals surface area contributed by atoms with Gasteiger partial charge in [0.25, 0.3) is 0 Å². The molecule has 0 saturated carbocycles. The normalized spacial score (nSPS) is 15.1. The Bertz CT molecular complexity index is 1530. The molecule has 1 aliphatic heterocycles. The van der Waals surface area contributed by atoms with Gasteiger partial charge >= 0.3 is 0 Å². The van der Waals surface area contributed by atoms with E-state index in [0.717, 1.165) is 63.0 Å². The molecule has 8 nitrogen and oxygen atoms in total. The Morgan fingerprint density at radius 2 is 1.87 bits per heavy atom. The van der Waals surface area contributed by atoms with E-state index >= 15 is 0 Å². The summed E-state index contributed by atoms with van der Waals surface area (Å²) in [5.74, 6) is 1.50. The lowest BCUT2D eigenvalue weighted by atomic mass is 9.98. The highest BCUT2D eigenvalue weighted by molar-refractivity contribution is 6.16. The number of fused-ring (bicyclic) bond motifs is 3. The molecule has 2 aromatic carbocycles. The monoisotopic (exact) mass is 510 g/mol. The van der Waals surface area contributed by atoms with E-state index in [2.05, 4.69) is 25.9 Å². The molecule has 194 valence electrons. The van der Waals surface area contributed by atoms with Crippen molar-refractivity contribution in [3.05, 3.63) is 73.2 Å². The van der Waals surface area contributed by atoms with Gasteiger partial charge in [0.05, 0.1) is 37.7 Å². The molecule has 3 aromatic heterocycles. The molecule has 1 atom stereocenters. The van der Waals surface area contributed by atoms with E-state index in [1.54, 1.807) is 13.3 Å². The highest BCUT2D eigenvalue weighted by Crippen LogP contribution is 2.41. The van der Waals surface area contributed by atoms with Crippen molar-refractivity contribution in [2.45, 2.75) is 6.10 Å². The average molecular weight is 511 g/mol. The summed E-state index contributed by atoms with van der Waals surface area (Å²) >= 11 is 0. The van der Waals surface area contributed by atoms with Crippen molar-refractivity contribution in [2.75, 3.05) is 46.6 Å². The molecule has 5 aromatic rings. The molecule has 38 heavy (non-hydrogen) atoms. The Kier molecular flexibility index (Phi) is 6.92. The second-order valence-electron chi connectivity index (χ2n) is 9.45. The molecular formula is C30H30N4O4. The lowest BCUT2D eigenvalue weighted by Gasteiger charge is -2.28. The van der Waals surface area contributed by atoms with Crippen LogP contribution < -0.4 is 9.47 Å². The minimum atomic E-state index is -0.560. The van der Waals surface area contributed by atoms with Gasteiger partial charge in [0.1, 0.15) is 24.2 Å². The van der Waals surface area contributed by atoms with Crippen LogP contribution in [0.5, 0.6) is 11.5 Å². The number of rotatable bonds is 8. The van der Waals surface area contributed by atoms with Crippen molar-refractivity contribution in [3.8, 4) is 33.9 Å². The Morgan fingerprint density at radius 1 is 1.03 bits per heavy atom. The zero-order valence-corrected chi connectivity index (χ0v) is 21.3. The van der Waals surface area contributed by atoms with Crippen molar-refractivity contribution in [3.63, 3.8) is 0 Å². The number of aromatic amines is 1. The van der Waals surface area contributed by atoms with Crippen LogP contribution in [0.3, 0.4) is 0 Å². The number of nitrogens with zero attached hydrogens (tertiary/aromatic N) is 3. The molecule has 1 fully saturated rings. The van der Waals surface area contributed by atoms with Gasteiger partial charge in [-0.25, -0.2) is 0 Å². The fourth-order valence-corrected chi connectivity index (χ4v) is 5.05. The van der Waals surface area contributed by atoms with Crippen LogP contribution in [-0.2, 0) is 4.74 Å². The van der Waals surface area contributed by atoms with Gasteiger partial charge in [0.15, 0.2) is 0 Å². The molecule has 1 unspecified atom stereocenters. The summed E-state index contributed by atoms with van der Waals surface area (Å²) in [7, 11) is 1.69. The number of methoxy groups -OCH3 is 1. The number of β-amino-alcohol motifs (C(OH)–C–C–N with tert-alkyl or cyclic N) is 1. The Morgan fingerprint density at radius 3 is 2.63 bits per heavy atom. The highest BCUT2D eigenvalue weighted by Gasteiger charge is 2.18. The van der Waals surface area contributed by atoms with Crippen LogP contribution in [0, 0.1) is 0 Å². The molecule has 0 bridgehead atoms. The first-order valence-electron chi connectivity index (χ1n) is 12.8. The van der Waals surface area contributed by atoms with Crippen LogP contribution in [-0.4, -0.2) is 77.6 Å². The summed E-state index contributed by atoms with van der Waals surface area (Å²) in [5.41, 5.74) is 5.79. The van der Waals surface area contributed by atoms with Crippen molar-refractivity contribution < 1.29 is 19.3 Å². The molecule has 6 rings (SSSR count). The lowest BCUT2D eigenvalue weighted by Crippen LogP contribution is -2.42. The first kappa shape index (κ1) is 24.4. The van der Waals surface area contributed by atoms with E-state index in [4.69, 9.17) is 14.2 Å². The van der Waals surface area contributed by atoms with Crippen molar-refractivity contribution in [1.29, 1.82) is 0 Å². The van der Waals surface area contributed by atoms with Crippen molar-refractivity contribution in [1.82, 2.24) is 19.9 Å². The van der Waals surface area contributed by atoms with Gasteiger partial charge in [-0.05, 0) is 48.0 Å². The number of pyridine rings is 2. The van der Waals surface area contributed by atoms with E-state index in [0.29, 0.717) is 25.5 Å². The van der Waals surface area contributed by atoms with Gasteiger partial charge in [0, 0.05) is 59.4 Å². The van der Waals surface area contributed by atoms with Gasteiger partial charge in [-0.3, -0.25) is 14.9 Å². The van der Waals surface area contributed by atoms with E-state index in [9.17, 15) is 5.11 Å². The third kappa shape index (κ3) is 4.93. The Labute approximate surface area is 220 Å². The van der Waals surface area contributed by atoms with Crippen LogP contribution in [0.1, 0.15) is 0 Å². The topological polar surface area (TPSA) is 92.7 Å². The fourth-order valence-electron chi connectivity index (χ4n) is 5.05. The van der Waals surface area contributed by atoms with Crippen LogP contribution >= 0.6 is 0 Å². The van der Waals surface area contributed by atoms with Crippen molar-refractivity contribution >= 4 is 21.8 Å². The summed E-state index contributed by atoms with van der Waals surface area (Å²) in [4.78, 5) is 14.6. The molecule has 0 amide bonds. The lowest BCUT2D eigenvalue weighted by molar-refractivity contribution is 0.00466. The average Bonchev–Trinajstić information content (AvgIpc) is 3.35. The first-order valence-corrected chi connectivity index (χ1v) is 12.8. The van der Waals surface area contributed by atoms with Crippen molar-refractivity contribution in [2.24, 2.45) is 0 Å². The number of benzene rings is 2. The second kappa shape index (κ2) is 10.8. The van der Waals surface area contributed by atoms with Crippen LogP contribution in [0.15, 0.2) is 73.2 Å². The maximum absolute atomic E-state index is 10.4. The molecular weight excluding hydrogens is 480 g/mol. The van der Waals surface area contributed by atoms with Crippen LogP contribution in [0.25, 0.3) is 44.2 Å². The van der Waals surface area contributed by atoms with E-state index in [1.807, 2.05) is 60.9 Å². The Balaban J connectivity index is 1.30. The summed E-state index contributed by atoms with van der Waals surface area (Å²) < 4.78 is 17.1. The summed E-state index contributed by atoms with van der Waals surface area (Å²) in [6.07, 6.45) is 4.89. The third-order valence-electron chi connectivity index (χ3n) is 6.94. The van der Waals surface area contributed by atoms with Gasteiger partial charge in [-0.2, -0.15) is 0 Å². The largest absolute Gasteiger partial charge is 0.496 e. The predicted octanol–water partition coefficient (Wildman–Crippen LogP) is 4.53. The predicted molar refractivity (Wildman–Crippen MR) is 148 cm³/mol. The maximum Gasteiger partial charge on any atom is 0.127 e. The smallest absolute Gasteiger partial charge is 0.127 e. The number of morpholine rings is 1. The molecule has 0 spiro atoms. The summed E-state index contributed by atoms with van der Waals surface area (Å²) in [6, 6.07) is 18.0. The van der Waals surface area contributed by atoms with Crippen LogP contribution in [0.2, 0.25) is 0 Å². The minimum Gasteiger partial charge on any atom is -0.496 e. The zero-order valence-electron chi connectivity index (χ0n) is 21.3. The number of hydrogen-bond donors (Lipinski definition) is 2. The molecule has 2 N–H and O–H groups in total. The molecule has 0 aliphatic carbocycles. The SMILES string of the molecule is COc1ccc2[nH]c3cnc(-c4cccnc4)cc3c2c1-c1ccc(OCC(O)CN2CCOCC2)cc1. The van der Waals surface area contributed by atoms with E-state index < -0.39 is 6.10 Å².